The third-order valence-corrected chi connectivity index (χ3v) is 2.45. The number of aromatic nitrogens is 1. The van der Waals surface area contributed by atoms with Crippen LogP contribution in [0.15, 0.2) is 35.1 Å². The summed E-state index contributed by atoms with van der Waals surface area (Å²) in [4.78, 5) is 15.1. The second-order valence-corrected chi connectivity index (χ2v) is 3.67. The van der Waals surface area contributed by atoms with Crippen molar-refractivity contribution in [3.63, 3.8) is 0 Å². The molecule has 2 aromatic rings. The third kappa shape index (κ3) is 2.13. The Balaban J connectivity index is 2.93. The number of rotatable bonds is 0. The highest BCUT2D eigenvalue weighted by molar-refractivity contribution is 5.82. The minimum atomic E-state index is -4.45. The van der Waals surface area contributed by atoms with E-state index in [1.807, 2.05) is 0 Å². The SMILES string of the molecule is Cc1ccc2c(C(F)(F)F)cccc2nc1=O. The van der Waals surface area contributed by atoms with Gasteiger partial charge < -0.3 is 0 Å². The number of halogens is 3. The van der Waals surface area contributed by atoms with Crippen LogP contribution in [-0.2, 0) is 6.18 Å². The van der Waals surface area contributed by atoms with Crippen LogP contribution in [0.4, 0.5) is 13.2 Å². The second-order valence-electron chi connectivity index (χ2n) is 3.67. The van der Waals surface area contributed by atoms with Gasteiger partial charge in [-0.1, -0.05) is 18.2 Å². The number of benzene rings is 1. The number of nitrogens with zero attached hydrogens (tertiary/aromatic N) is 1. The summed E-state index contributed by atoms with van der Waals surface area (Å²) < 4.78 is 38.2. The summed E-state index contributed by atoms with van der Waals surface area (Å²) >= 11 is 0. The first kappa shape index (κ1) is 11.6. The molecule has 0 aliphatic carbocycles. The van der Waals surface area contributed by atoms with Crippen LogP contribution >= 0.6 is 0 Å². The Bertz CT molecular complexity index is 635. The molecule has 88 valence electrons. The molecule has 17 heavy (non-hydrogen) atoms. The normalized spacial score (nSPS) is 11.8. The maximum atomic E-state index is 12.7. The Labute approximate surface area is 94.7 Å². The Hall–Kier alpha value is -1.91. The molecule has 0 atom stereocenters. The molecule has 2 nitrogen and oxygen atoms in total. The summed E-state index contributed by atoms with van der Waals surface area (Å²) in [6.07, 6.45) is -4.45. The van der Waals surface area contributed by atoms with Crippen LogP contribution in [0, 0.1) is 6.92 Å². The van der Waals surface area contributed by atoms with Crippen molar-refractivity contribution in [2.45, 2.75) is 13.1 Å². The molecule has 1 heterocycles. The van der Waals surface area contributed by atoms with E-state index in [2.05, 4.69) is 4.98 Å². The van der Waals surface area contributed by atoms with Crippen molar-refractivity contribution in [2.75, 3.05) is 0 Å². The second kappa shape index (κ2) is 3.84. The van der Waals surface area contributed by atoms with E-state index in [1.54, 1.807) is 0 Å². The smallest absolute Gasteiger partial charge is 0.267 e. The Kier molecular flexibility index (Phi) is 2.61. The first-order valence-electron chi connectivity index (χ1n) is 4.87. The zero-order chi connectivity index (χ0) is 12.6. The van der Waals surface area contributed by atoms with Crippen LogP contribution in [-0.4, -0.2) is 4.98 Å². The summed E-state index contributed by atoms with van der Waals surface area (Å²) in [5.41, 5.74) is -0.927. The number of aryl methyl sites for hydroxylation is 1. The fourth-order valence-corrected chi connectivity index (χ4v) is 1.55. The minimum Gasteiger partial charge on any atom is -0.267 e. The molecule has 0 spiro atoms. The lowest BCUT2D eigenvalue weighted by Gasteiger charge is -2.07. The molecule has 0 amide bonds. The molecular weight excluding hydrogens is 231 g/mol. The van der Waals surface area contributed by atoms with Crippen molar-refractivity contribution < 1.29 is 13.2 Å². The molecule has 0 saturated heterocycles. The number of alkyl halides is 3. The molecule has 1 aromatic carbocycles. The van der Waals surface area contributed by atoms with E-state index in [-0.39, 0.29) is 10.9 Å². The van der Waals surface area contributed by atoms with Gasteiger partial charge in [0.25, 0.3) is 5.56 Å². The van der Waals surface area contributed by atoms with Crippen molar-refractivity contribution in [2.24, 2.45) is 0 Å². The molecular formula is C12H8F3NO. The van der Waals surface area contributed by atoms with Crippen molar-refractivity contribution in [1.82, 2.24) is 4.98 Å². The van der Waals surface area contributed by atoms with Gasteiger partial charge in [0.15, 0.2) is 0 Å². The first-order valence-corrected chi connectivity index (χ1v) is 4.87. The zero-order valence-corrected chi connectivity index (χ0v) is 8.88. The summed E-state index contributed by atoms with van der Waals surface area (Å²) in [6.45, 7) is 1.52. The van der Waals surface area contributed by atoms with Crippen LogP contribution in [0.2, 0.25) is 0 Å². The van der Waals surface area contributed by atoms with Crippen LogP contribution in [0.3, 0.4) is 0 Å². The van der Waals surface area contributed by atoms with E-state index < -0.39 is 17.3 Å². The average Bonchev–Trinajstić information content (AvgIpc) is 2.37. The van der Waals surface area contributed by atoms with Crippen molar-refractivity contribution in [3.05, 3.63) is 51.8 Å². The monoisotopic (exact) mass is 239 g/mol. The summed E-state index contributed by atoms with van der Waals surface area (Å²) in [5.74, 6) is 0. The topological polar surface area (TPSA) is 30.0 Å². The molecule has 0 N–H and O–H groups in total. The average molecular weight is 239 g/mol. The lowest BCUT2D eigenvalue weighted by atomic mass is 10.1. The molecule has 2 rings (SSSR count). The van der Waals surface area contributed by atoms with Gasteiger partial charge in [-0.05, 0) is 19.1 Å². The molecule has 0 fully saturated rings. The van der Waals surface area contributed by atoms with E-state index in [4.69, 9.17) is 0 Å². The largest absolute Gasteiger partial charge is 0.417 e. The van der Waals surface area contributed by atoms with Crippen LogP contribution in [0.1, 0.15) is 11.1 Å². The molecule has 0 saturated carbocycles. The molecule has 0 bridgehead atoms. The first-order chi connectivity index (χ1) is 7.89. The van der Waals surface area contributed by atoms with Gasteiger partial charge >= 0.3 is 6.18 Å². The lowest BCUT2D eigenvalue weighted by molar-refractivity contribution is -0.136. The predicted molar refractivity (Wildman–Crippen MR) is 57.8 cm³/mol. The maximum absolute atomic E-state index is 12.7. The van der Waals surface area contributed by atoms with Gasteiger partial charge in [-0.2, -0.15) is 13.2 Å². The van der Waals surface area contributed by atoms with Crippen molar-refractivity contribution >= 4 is 10.9 Å². The summed E-state index contributed by atoms with van der Waals surface area (Å²) in [6, 6.07) is 6.25. The highest BCUT2D eigenvalue weighted by Gasteiger charge is 2.32. The van der Waals surface area contributed by atoms with Crippen molar-refractivity contribution in [3.8, 4) is 0 Å². The number of hydrogen-bond donors (Lipinski definition) is 0. The van der Waals surface area contributed by atoms with Crippen LogP contribution in [0.5, 0.6) is 0 Å². The van der Waals surface area contributed by atoms with Gasteiger partial charge in [-0.25, -0.2) is 4.98 Å². The van der Waals surface area contributed by atoms with Crippen molar-refractivity contribution in [1.29, 1.82) is 0 Å². The van der Waals surface area contributed by atoms with Crippen LogP contribution in [0.25, 0.3) is 10.9 Å². The molecule has 1 aromatic heterocycles. The van der Waals surface area contributed by atoms with Gasteiger partial charge in [0.05, 0.1) is 11.1 Å². The fraction of sp³-hybridized carbons (Fsp3) is 0.167. The highest BCUT2D eigenvalue weighted by Crippen LogP contribution is 2.33. The predicted octanol–water partition coefficient (Wildman–Crippen LogP) is 2.92. The van der Waals surface area contributed by atoms with E-state index in [9.17, 15) is 18.0 Å². The minimum absolute atomic E-state index is 0.0536. The van der Waals surface area contributed by atoms with E-state index >= 15 is 0 Å². The maximum Gasteiger partial charge on any atom is 0.417 e. The van der Waals surface area contributed by atoms with E-state index in [0.29, 0.717) is 5.56 Å². The van der Waals surface area contributed by atoms with Gasteiger partial charge in [-0.15, -0.1) is 0 Å². The zero-order valence-electron chi connectivity index (χ0n) is 8.88. The highest BCUT2D eigenvalue weighted by atomic mass is 19.4. The molecule has 0 radical (unpaired) electrons. The van der Waals surface area contributed by atoms with E-state index in [1.165, 1.54) is 31.2 Å². The van der Waals surface area contributed by atoms with Gasteiger partial charge in [-0.3, -0.25) is 4.79 Å². The van der Waals surface area contributed by atoms with Gasteiger partial charge in [0, 0.05) is 10.9 Å². The molecule has 5 heteroatoms. The summed E-state index contributed by atoms with van der Waals surface area (Å²) in [7, 11) is 0. The van der Waals surface area contributed by atoms with Gasteiger partial charge in [0.1, 0.15) is 0 Å². The quantitative estimate of drug-likeness (QED) is 0.707. The molecule has 0 aliphatic rings. The van der Waals surface area contributed by atoms with Gasteiger partial charge in [0.2, 0.25) is 0 Å². The van der Waals surface area contributed by atoms with Crippen LogP contribution < -0.4 is 5.56 Å². The third-order valence-electron chi connectivity index (χ3n) is 2.45. The lowest BCUT2D eigenvalue weighted by Crippen LogP contribution is -2.07. The number of fused-ring (bicyclic) bond motifs is 1. The Morgan fingerprint density at radius 1 is 1.12 bits per heavy atom. The summed E-state index contributed by atoms with van der Waals surface area (Å²) in [5, 5.41) is -0.0646. The fourth-order valence-electron chi connectivity index (χ4n) is 1.55. The standard InChI is InChI=1S/C12H8F3NO/c1-7-5-6-8-9(12(13,14)15)3-2-4-10(8)16-11(7)17/h2-6H,1H3. The molecule has 0 aliphatic heterocycles. The Morgan fingerprint density at radius 2 is 1.82 bits per heavy atom. The molecule has 0 unspecified atom stereocenters. The van der Waals surface area contributed by atoms with E-state index in [0.717, 1.165) is 6.07 Å². The Morgan fingerprint density at radius 3 is 2.47 bits per heavy atom. The number of hydrogen-bond acceptors (Lipinski definition) is 2.